The van der Waals surface area contributed by atoms with E-state index in [1.54, 1.807) is 24.5 Å². The molecule has 5 heteroatoms. The SMILES string of the molecule is CCN(CCc1ccncc1)S(=O)(=O)c1ccc(C)cc1. The second-order valence-electron chi connectivity index (χ2n) is 4.92. The van der Waals surface area contributed by atoms with Gasteiger partial charge in [0.2, 0.25) is 10.0 Å². The molecule has 0 N–H and O–H groups in total. The number of aromatic nitrogens is 1. The van der Waals surface area contributed by atoms with E-state index in [4.69, 9.17) is 0 Å². The molecule has 0 unspecified atom stereocenters. The molecule has 1 heterocycles. The Balaban J connectivity index is 2.14. The molecule has 0 saturated carbocycles. The minimum Gasteiger partial charge on any atom is -0.265 e. The van der Waals surface area contributed by atoms with Crippen LogP contribution >= 0.6 is 0 Å². The minimum atomic E-state index is -3.42. The number of aryl methyl sites for hydroxylation is 1. The molecular formula is C16H20N2O2S. The summed E-state index contributed by atoms with van der Waals surface area (Å²) in [6.45, 7) is 4.73. The largest absolute Gasteiger partial charge is 0.265 e. The first kappa shape index (κ1) is 15.7. The van der Waals surface area contributed by atoms with E-state index in [0.717, 1.165) is 11.1 Å². The van der Waals surface area contributed by atoms with Crippen LogP contribution in [0.15, 0.2) is 53.7 Å². The maximum absolute atomic E-state index is 12.6. The molecule has 0 aliphatic rings. The quantitative estimate of drug-likeness (QED) is 0.824. The molecule has 1 aromatic carbocycles. The topological polar surface area (TPSA) is 50.3 Å². The fraction of sp³-hybridized carbons (Fsp3) is 0.312. The average Bonchev–Trinajstić information content (AvgIpc) is 2.49. The van der Waals surface area contributed by atoms with Crippen LogP contribution in [-0.2, 0) is 16.4 Å². The van der Waals surface area contributed by atoms with E-state index < -0.39 is 10.0 Å². The molecule has 0 bridgehead atoms. The third-order valence-corrected chi connectivity index (χ3v) is 5.40. The van der Waals surface area contributed by atoms with Crippen LogP contribution in [0, 0.1) is 6.92 Å². The number of hydrogen-bond acceptors (Lipinski definition) is 3. The van der Waals surface area contributed by atoms with E-state index in [2.05, 4.69) is 4.98 Å². The summed E-state index contributed by atoms with van der Waals surface area (Å²) in [5.41, 5.74) is 2.14. The number of sulfonamides is 1. The van der Waals surface area contributed by atoms with Crippen LogP contribution in [0.4, 0.5) is 0 Å². The maximum Gasteiger partial charge on any atom is 0.243 e. The molecule has 112 valence electrons. The number of pyridine rings is 1. The van der Waals surface area contributed by atoms with Crippen molar-refractivity contribution in [3.05, 3.63) is 59.9 Å². The lowest BCUT2D eigenvalue weighted by molar-refractivity contribution is 0.431. The first-order valence-corrected chi connectivity index (χ1v) is 8.43. The van der Waals surface area contributed by atoms with Crippen molar-refractivity contribution in [1.82, 2.24) is 9.29 Å². The fourth-order valence-electron chi connectivity index (χ4n) is 2.11. The lowest BCUT2D eigenvalue weighted by atomic mass is 10.2. The molecule has 0 saturated heterocycles. The van der Waals surface area contributed by atoms with E-state index in [0.29, 0.717) is 24.4 Å². The van der Waals surface area contributed by atoms with Gasteiger partial charge in [0.15, 0.2) is 0 Å². The second-order valence-corrected chi connectivity index (χ2v) is 6.85. The van der Waals surface area contributed by atoms with Gasteiger partial charge in [-0.15, -0.1) is 0 Å². The van der Waals surface area contributed by atoms with Crippen molar-refractivity contribution in [2.24, 2.45) is 0 Å². The lowest BCUT2D eigenvalue weighted by Gasteiger charge is -2.20. The monoisotopic (exact) mass is 304 g/mol. The summed E-state index contributed by atoms with van der Waals surface area (Å²) < 4.78 is 26.7. The number of likely N-dealkylation sites (N-methyl/N-ethyl adjacent to an activating group) is 1. The molecule has 0 spiro atoms. The molecule has 0 aliphatic carbocycles. The lowest BCUT2D eigenvalue weighted by Crippen LogP contribution is -2.32. The van der Waals surface area contributed by atoms with Crippen molar-refractivity contribution >= 4 is 10.0 Å². The van der Waals surface area contributed by atoms with Crippen LogP contribution in [0.2, 0.25) is 0 Å². The summed E-state index contributed by atoms with van der Waals surface area (Å²) in [4.78, 5) is 4.32. The zero-order chi connectivity index (χ0) is 15.3. The predicted octanol–water partition coefficient (Wildman–Crippen LogP) is 2.64. The third kappa shape index (κ3) is 3.89. The molecule has 4 nitrogen and oxygen atoms in total. The number of rotatable bonds is 6. The van der Waals surface area contributed by atoms with Gasteiger partial charge in [0.05, 0.1) is 4.90 Å². The molecule has 0 atom stereocenters. The zero-order valence-corrected chi connectivity index (χ0v) is 13.2. The highest BCUT2D eigenvalue weighted by atomic mass is 32.2. The van der Waals surface area contributed by atoms with E-state index in [1.807, 2.05) is 38.1 Å². The predicted molar refractivity (Wildman–Crippen MR) is 83.6 cm³/mol. The van der Waals surface area contributed by atoms with Crippen LogP contribution in [0.25, 0.3) is 0 Å². The van der Waals surface area contributed by atoms with Gasteiger partial charge in [0, 0.05) is 25.5 Å². The van der Waals surface area contributed by atoms with Gasteiger partial charge in [-0.25, -0.2) is 8.42 Å². The summed E-state index contributed by atoms with van der Waals surface area (Å²) in [6.07, 6.45) is 4.13. The molecule has 2 rings (SSSR count). The molecule has 0 aliphatic heterocycles. The van der Waals surface area contributed by atoms with Crippen LogP contribution < -0.4 is 0 Å². The van der Waals surface area contributed by atoms with Gasteiger partial charge in [-0.1, -0.05) is 24.6 Å². The van der Waals surface area contributed by atoms with Crippen molar-refractivity contribution in [3.8, 4) is 0 Å². The van der Waals surface area contributed by atoms with E-state index in [9.17, 15) is 8.42 Å². The Morgan fingerprint density at radius 3 is 2.24 bits per heavy atom. The second kappa shape index (κ2) is 6.83. The summed E-state index contributed by atoms with van der Waals surface area (Å²) in [7, 11) is -3.42. The maximum atomic E-state index is 12.6. The summed E-state index contributed by atoms with van der Waals surface area (Å²) >= 11 is 0. The van der Waals surface area contributed by atoms with Crippen molar-refractivity contribution in [2.45, 2.75) is 25.2 Å². The number of hydrogen-bond donors (Lipinski definition) is 0. The molecule has 0 radical (unpaired) electrons. The van der Waals surface area contributed by atoms with Gasteiger partial charge in [-0.3, -0.25) is 4.98 Å². The van der Waals surface area contributed by atoms with Gasteiger partial charge >= 0.3 is 0 Å². The Labute approximate surface area is 126 Å². The standard InChI is InChI=1S/C16H20N2O2S/c1-3-18(13-10-15-8-11-17-12-9-15)21(19,20)16-6-4-14(2)5-7-16/h4-9,11-12H,3,10,13H2,1-2H3. The van der Waals surface area contributed by atoms with Crippen LogP contribution in [0.1, 0.15) is 18.1 Å². The highest BCUT2D eigenvalue weighted by molar-refractivity contribution is 7.89. The van der Waals surface area contributed by atoms with E-state index >= 15 is 0 Å². The molecule has 2 aromatic rings. The van der Waals surface area contributed by atoms with Crippen molar-refractivity contribution in [2.75, 3.05) is 13.1 Å². The Bertz CT molecular complexity index is 667. The first-order chi connectivity index (χ1) is 10.0. The van der Waals surface area contributed by atoms with Crippen LogP contribution in [-0.4, -0.2) is 30.8 Å². The smallest absolute Gasteiger partial charge is 0.243 e. The van der Waals surface area contributed by atoms with Crippen LogP contribution in [0.3, 0.4) is 0 Å². The highest BCUT2D eigenvalue weighted by Crippen LogP contribution is 2.16. The average molecular weight is 304 g/mol. The third-order valence-electron chi connectivity index (χ3n) is 3.41. The summed E-state index contributed by atoms with van der Waals surface area (Å²) in [6, 6.07) is 10.8. The Morgan fingerprint density at radius 2 is 1.67 bits per heavy atom. The molecular weight excluding hydrogens is 284 g/mol. The van der Waals surface area contributed by atoms with Gasteiger partial charge in [-0.2, -0.15) is 4.31 Å². The van der Waals surface area contributed by atoms with Gasteiger partial charge < -0.3 is 0 Å². The molecule has 21 heavy (non-hydrogen) atoms. The highest BCUT2D eigenvalue weighted by Gasteiger charge is 2.22. The minimum absolute atomic E-state index is 0.352. The Hall–Kier alpha value is -1.72. The van der Waals surface area contributed by atoms with Gasteiger partial charge in [-0.05, 0) is 43.2 Å². The zero-order valence-electron chi connectivity index (χ0n) is 12.4. The summed E-state index contributed by atoms with van der Waals surface area (Å²) in [5, 5.41) is 0. The number of benzene rings is 1. The summed E-state index contributed by atoms with van der Waals surface area (Å²) in [5.74, 6) is 0. The van der Waals surface area contributed by atoms with Gasteiger partial charge in [0.25, 0.3) is 0 Å². The van der Waals surface area contributed by atoms with Crippen molar-refractivity contribution < 1.29 is 8.42 Å². The van der Waals surface area contributed by atoms with Crippen molar-refractivity contribution in [1.29, 1.82) is 0 Å². The molecule has 1 aromatic heterocycles. The molecule has 0 amide bonds. The fourth-order valence-corrected chi connectivity index (χ4v) is 3.56. The van der Waals surface area contributed by atoms with Gasteiger partial charge in [0.1, 0.15) is 0 Å². The van der Waals surface area contributed by atoms with Crippen LogP contribution in [0.5, 0.6) is 0 Å². The molecule has 0 fully saturated rings. The van der Waals surface area contributed by atoms with E-state index in [1.165, 1.54) is 4.31 Å². The van der Waals surface area contributed by atoms with Crippen molar-refractivity contribution in [3.63, 3.8) is 0 Å². The Morgan fingerprint density at radius 1 is 1.05 bits per heavy atom. The Kier molecular flexibility index (Phi) is 5.09. The number of nitrogens with zero attached hydrogens (tertiary/aromatic N) is 2. The normalized spacial score (nSPS) is 11.8. The van der Waals surface area contributed by atoms with E-state index in [-0.39, 0.29) is 0 Å². The first-order valence-electron chi connectivity index (χ1n) is 6.99.